The van der Waals surface area contributed by atoms with Crippen LogP contribution in [0.2, 0.25) is 5.02 Å². The highest BCUT2D eigenvalue weighted by molar-refractivity contribution is 8.00. The number of carbonyl (C=O) groups is 1. The summed E-state index contributed by atoms with van der Waals surface area (Å²) < 4.78 is 0.854. The highest BCUT2D eigenvalue weighted by Gasteiger charge is 2.09. The molecule has 3 rings (SSSR count). The van der Waals surface area contributed by atoms with Crippen LogP contribution in [0.1, 0.15) is 18.4 Å². The fourth-order valence-electron chi connectivity index (χ4n) is 2.17. The van der Waals surface area contributed by atoms with Crippen LogP contribution in [0.25, 0.3) is 0 Å². The summed E-state index contributed by atoms with van der Waals surface area (Å²) in [5.74, 6) is 1.69. The Morgan fingerprint density at radius 2 is 1.81 bits per heavy atom. The van der Waals surface area contributed by atoms with E-state index in [-0.39, 0.29) is 5.91 Å². The molecule has 140 valence electrons. The number of anilines is 1. The van der Waals surface area contributed by atoms with Crippen molar-refractivity contribution in [3.8, 4) is 0 Å². The second-order valence-electron chi connectivity index (χ2n) is 5.60. The van der Waals surface area contributed by atoms with E-state index in [1.54, 1.807) is 23.5 Å². The molecule has 0 aliphatic rings. The minimum absolute atomic E-state index is 0.0255. The molecule has 0 aliphatic heterocycles. The van der Waals surface area contributed by atoms with Crippen molar-refractivity contribution < 1.29 is 4.79 Å². The van der Waals surface area contributed by atoms with Crippen molar-refractivity contribution >= 4 is 57.5 Å². The van der Waals surface area contributed by atoms with Gasteiger partial charge in [0.1, 0.15) is 0 Å². The van der Waals surface area contributed by atoms with Crippen LogP contribution in [0.3, 0.4) is 0 Å². The first kappa shape index (κ1) is 20.2. The Kier molecular flexibility index (Phi) is 8.01. The fourth-order valence-corrected chi connectivity index (χ4v) is 4.88. The highest BCUT2D eigenvalue weighted by Crippen LogP contribution is 2.28. The van der Waals surface area contributed by atoms with Gasteiger partial charge in [-0.3, -0.25) is 4.79 Å². The number of benzene rings is 2. The topological polar surface area (TPSA) is 54.9 Å². The zero-order valence-corrected chi connectivity index (χ0v) is 17.6. The third-order valence-corrected chi connectivity index (χ3v) is 6.88. The fraction of sp³-hybridized carbons (Fsp3) is 0.211. The molecular formula is C19H18ClN3OS3. The zero-order valence-electron chi connectivity index (χ0n) is 14.4. The van der Waals surface area contributed by atoms with Crippen LogP contribution >= 0.6 is 46.5 Å². The molecular weight excluding hydrogens is 418 g/mol. The van der Waals surface area contributed by atoms with Crippen LogP contribution < -0.4 is 5.32 Å². The third kappa shape index (κ3) is 7.18. The van der Waals surface area contributed by atoms with Gasteiger partial charge in [0, 0.05) is 22.1 Å². The Morgan fingerprint density at radius 3 is 2.59 bits per heavy atom. The van der Waals surface area contributed by atoms with Crippen molar-refractivity contribution in [2.75, 3.05) is 11.1 Å². The van der Waals surface area contributed by atoms with Gasteiger partial charge in [-0.15, -0.1) is 22.0 Å². The molecule has 0 saturated carbocycles. The van der Waals surface area contributed by atoms with Crippen molar-refractivity contribution in [3.63, 3.8) is 0 Å². The van der Waals surface area contributed by atoms with Gasteiger partial charge in [-0.1, -0.05) is 65.0 Å². The lowest BCUT2D eigenvalue weighted by molar-refractivity contribution is -0.116. The molecule has 0 atom stereocenters. The second-order valence-corrected chi connectivity index (χ2v) is 9.41. The lowest BCUT2D eigenvalue weighted by atomic mass is 10.2. The number of nitrogens with one attached hydrogen (secondary N) is 1. The Morgan fingerprint density at radius 1 is 1.04 bits per heavy atom. The molecule has 8 heteroatoms. The van der Waals surface area contributed by atoms with Crippen LogP contribution in [0, 0.1) is 0 Å². The number of nitrogens with zero attached hydrogens (tertiary/aromatic N) is 2. The van der Waals surface area contributed by atoms with E-state index in [0.29, 0.717) is 11.6 Å². The molecule has 0 aliphatic carbocycles. The minimum Gasteiger partial charge on any atom is -0.301 e. The summed E-state index contributed by atoms with van der Waals surface area (Å²) in [7, 11) is 0. The number of aromatic nitrogens is 2. The number of carbonyl (C=O) groups excluding carboxylic acids is 1. The molecule has 1 heterocycles. The standard InChI is InChI=1S/C19H18ClN3OS3/c20-15-8-10-16(11-9-15)25-12-4-7-17(24)21-18-22-23-19(27-18)26-13-14-5-2-1-3-6-14/h1-3,5-6,8-11H,4,7,12-13H2,(H,21,22,24). The van der Waals surface area contributed by atoms with Gasteiger partial charge in [0.05, 0.1) is 0 Å². The van der Waals surface area contributed by atoms with Crippen molar-refractivity contribution in [2.45, 2.75) is 27.8 Å². The first-order valence-corrected chi connectivity index (χ1v) is 11.5. The average Bonchev–Trinajstić information content (AvgIpc) is 3.13. The molecule has 3 aromatic rings. The van der Waals surface area contributed by atoms with Crippen molar-refractivity contribution in [3.05, 3.63) is 65.2 Å². The largest absolute Gasteiger partial charge is 0.301 e. The van der Waals surface area contributed by atoms with E-state index < -0.39 is 0 Å². The molecule has 0 unspecified atom stereocenters. The molecule has 1 amide bonds. The van der Waals surface area contributed by atoms with Crippen LogP contribution in [-0.4, -0.2) is 21.9 Å². The maximum absolute atomic E-state index is 12.1. The number of thioether (sulfide) groups is 2. The molecule has 2 aromatic carbocycles. The molecule has 1 aromatic heterocycles. The number of hydrogen-bond acceptors (Lipinski definition) is 6. The summed E-state index contributed by atoms with van der Waals surface area (Å²) in [6, 6.07) is 17.9. The first-order chi connectivity index (χ1) is 13.2. The van der Waals surface area contributed by atoms with E-state index in [2.05, 4.69) is 27.6 Å². The van der Waals surface area contributed by atoms with E-state index >= 15 is 0 Å². The maximum Gasteiger partial charge on any atom is 0.226 e. The van der Waals surface area contributed by atoms with E-state index in [1.807, 2.05) is 42.5 Å². The van der Waals surface area contributed by atoms with Gasteiger partial charge < -0.3 is 5.32 Å². The van der Waals surface area contributed by atoms with E-state index in [0.717, 1.165) is 32.2 Å². The normalized spacial score (nSPS) is 10.7. The van der Waals surface area contributed by atoms with Gasteiger partial charge in [-0.25, -0.2) is 0 Å². The maximum atomic E-state index is 12.1. The SMILES string of the molecule is O=C(CCCSc1ccc(Cl)cc1)Nc1nnc(SCc2ccccc2)s1. The van der Waals surface area contributed by atoms with E-state index in [9.17, 15) is 4.79 Å². The van der Waals surface area contributed by atoms with Crippen LogP contribution in [-0.2, 0) is 10.5 Å². The number of halogens is 1. The number of rotatable bonds is 9. The molecule has 0 saturated heterocycles. The minimum atomic E-state index is -0.0255. The lowest BCUT2D eigenvalue weighted by Gasteiger charge is -2.02. The lowest BCUT2D eigenvalue weighted by Crippen LogP contribution is -2.11. The molecule has 0 radical (unpaired) electrons. The monoisotopic (exact) mass is 435 g/mol. The van der Waals surface area contributed by atoms with Gasteiger partial charge in [0.25, 0.3) is 0 Å². The Balaban J connectivity index is 1.35. The average molecular weight is 436 g/mol. The molecule has 0 spiro atoms. The summed E-state index contributed by atoms with van der Waals surface area (Å²) in [5, 5.41) is 12.3. The third-order valence-electron chi connectivity index (χ3n) is 3.49. The molecule has 1 N–H and O–H groups in total. The van der Waals surface area contributed by atoms with Gasteiger partial charge in [0.2, 0.25) is 11.0 Å². The van der Waals surface area contributed by atoms with Gasteiger partial charge in [-0.2, -0.15) is 0 Å². The van der Waals surface area contributed by atoms with Crippen molar-refractivity contribution in [1.82, 2.24) is 10.2 Å². The number of amides is 1. The summed E-state index contributed by atoms with van der Waals surface area (Å²) >= 11 is 10.6. The van der Waals surface area contributed by atoms with E-state index in [1.165, 1.54) is 16.9 Å². The van der Waals surface area contributed by atoms with Crippen molar-refractivity contribution in [1.29, 1.82) is 0 Å². The summed E-state index contributed by atoms with van der Waals surface area (Å²) in [6.07, 6.45) is 1.26. The first-order valence-electron chi connectivity index (χ1n) is 8.37. The van der Waals surface area contributed by atoms with Gasteiger partial charge >= 0.3 is 0 Å². The molecule has 0 bridgehead atoms. The Hall–Kier alpha value is -1.54. The van der Waals surface area contributed by atoms with Crippen LogP contribution in [0.15, 0.2) is 63.8 Å². The predicted molar refractivity (Wildman–Crippen MR) is 116 cm³/mol. The highest BCUT2D eigenvalue weighted by atomic mass is 35.5. The Bertz CT molecular complexity index is 856. The van der Waals surface area contributed by atoms with Gasteiger partial charge in [0.15, 0.2) is 4.34 Å². The second kappa shape index (κ2) is 10.7. The number of hydrogen-bond donors (Lipinski definition) is 1. The summed E-state index contributed by atoms with van der Waals surface area (Å²) in [4.78, 5) is 13.2. The molecule has 27 heavy (non-hydrogen) atoms. The zero-order chi connectivity index (χ0) is 18.9. The quantitative estimate of drug-likeness (QED) is 0.254. The van der Waals surface area contributed by atoms with E-state index in [4.69, 9.17) is 11.6 Å². The van der Waals surface area contributed by atoms with Crippen molar-refractivity contribution in [2.24, 2.45) is 0 Å². The summed E-state index contributed by atoms with van der Waals surface area (Å²) in [5.41, 5.74) is 1.24. The van der Waals surface area contributed by atoms with Crippen LogP contribution in [0.4, 0.5) is 5.13 Å². The summed E-state index contributed by atoms with van der Waals surface area (Å²) in [6.45, 7) is 0. The molecule has 0 fully saturated rings. The molecule has 4 nitrogen and oxygen atoms in total. The Labute approximate surface area is 176 Å². The van der Waals surface area contributed by atoms with Gasteiger partial charge in [-0.05, 0) is 42.0 Å². The smallest absolute Gasteiger partial charge is 0.226 e. The van der Waals surface area contributed by atoms with Crippen LogP contribution in [0.5, 0.6) is 0 Å². The predicted octanol–water partition coefficient (Wildman–Crippen LogP) is 5.99.